The van der Waals surface area contributed by atoms with E-state index in [1.165, 1.54) is 6.33 Å². The van der Waals surface area contributed by atoms with E-state index in [-0.39, 0.29) is 17.4 Å². The second kappa shape index (κ2) is 4.42. The minimum absolute atomic E-state index is 0.0818. The number of aromatic nitrogens is 2. The topological polar surface area (TPSA) is 116 Å². The molecule has 1 aromatic rings. The third kappa shape index (κ3) is 2.36. The summed E-state index contributed by atoms with van der Waals surface area (Å²) in [5.74, 6) is -0.164. The molecular weight excluding hydrogens is 250 g/mol. The molecule has 90 valence electrons. The van der Waals surface area contributed by atoms with E-state index >= 15 is 0 Å². The van der Waals surface area contributed by atoms with Crippen LogP contribution < -0.4 is 16.0 Å². The summed E-state index contributed by atoms with van der Waals surface area (Å²) in [7, 11) is 0. The van der Waals surface area contributed by atoms with Gasteiger partial charge in [0.2, 0.25) is 5.91 Å². The lowest BCUT2D eigenvalue weighted by atomic mass is 10.3. The number of hydrogen-bond acceptors (Lipinski definition) is 5. The van der Waals surface area contributed by atoms with Gasteiger partial charge < -0.3 is 21.1 Å². The van der Waals surface area contributed by atoms with Gasteiger partial charge in [0, 0.05) is 6.54 Å². The number of rotatable bonds is 1. The zero-order chi connectivity index (χ0) is 12.4. The quantitative estimate of drug-likeness (QED) is 0.532. The molecule has 0 aliphatic carbocycles. The summed E-state index contributed by atoms with van der Waals surface area (Å²) < 4.78 is 0. The Bertz CT molecular complexity index is 480. The maximum Gasteiger partial charge on any atom is 0.405 e. The molecule has 1 aliphatic heterocycles. The lowest BCUT2D eigenvalue weighted by molar-refractivity contribution is -0.117. The van der Waals surface area contributed by atoms with Crippen molar-refractivity contribution in [3.8, 4) is 0 Å². The molecule has 1 aromatic heterocycles. The first-order chi connectivity index (χ1) is 8.08. The van der Waals surface area contributed by atoms with E-state index in [9.17, 15) is 9.59 Å². The fourth-order valence-electron chi connectivity index (χ4n) is 1.38. The number of nitrogens with one attached hydrogen (secondary N) is 3. The van der Waals surface area contributed by atoms with Crippen molar-refractivity contribution >= 4 is 35.1 Å². The van der Waals surface area contributed by atoms with Gasteiger partial charge in [-0.25, -0.2) is 14.8 Å². The van der Waals surface area contributed by atoms with E-state index in [0.717, 1.165) is 0 Å². The van der Waals surface area contributed by atoms with E-state index < -0.39 is 18.0 Å². The van der Waals surface area contributed by atoms with E-state index in [1.807, 2.05) is 0 Å². The summed E-state index contributed by atoms with van der Waals surface area (Å²) in [5, 5.41) is 16.0. The number of carboxylic acid groups (broad SMARTS) is 1. The van der Waals surface area contributed by atoms with Crippen molar-refractivity contribution in [2.45, 2.75) is 6.04 Å². The Morgan fingerprint density at radius 2 is 2.35 bits per heavy atom. The highest BCUT2D eigenvalue weighted by Gasteiger charge is 2.26. The van der Waals surface area contributed by atoms with Gasteiger partial charge in [-0.2, -0.15) is 0 Å². The lowest BCUT2D eigenvalue weighted by Crippen LogP contribution is -2.46. The standard InChI is InChI=1S/C8H8ClN5O3/c9-5-4-6(12-2-11-5)10-1-3(7(15)14-4)13-8(16)17/h2-3,13H,1H2,(H,14,15)(H,16,17)(H,10,11,12). The van der Waals surface area contributed by atoms with Crippen LogP contribution in [0.3, 0.4) is 0 Å². The minimum Gasteiger partial charge on any atom is -0.465 e. The average molecular weight is 258 g/mol. The molecule has 1 aliphatic rings. The highest BCUT2D eigenvalue weighted by atomic mass is 35.5. The van der Waals surface area contributed by atoms with E-state index in [0.29, 0.717) is 5.82 Å². The van der Waals surface area contributed by atoms with Crippen LogP contribution in [0.25, 0.3) is 0 Å². The first kappa shape index (κ1) is 11.4. The summed E-state index contributed by atoms with van der Waals surface area (Å²) in [4.78, 5) is 29.8. The van der Waals surface area contributed by atoms with Gasteiger partial charge in [0.25, 0.3) is 0 Å². The molecule has 2 amide bonds. The fraction of sp³-hybridized carbons (Fsp3) is 0.250. The van der Waals surface area contributed by atoms with Gasteiger partial charge >= 0.3 is 6.09 Å². The molecule has 2 heterocycles. The Labute approximate surface area is 100 Å². The minimum atomic E-state index is -1.28. The molecule has 0 radical (unpaired) electrons. The Kier molecular flexibility index (Phi) is 2.96. The van der Waals surface area contributed by atoms with Crippen molar-refractivity contribution in [1.29, 1.82) is 0 Å². The van der Waals surface area contributed by atoms with Crippen molar-refractivity contribution in [3.05, 3.63) is 11.5 Å². The zero-order valence-corrected chi connectivity index (χ0v) is 9.15. The molecule has 1 atom stereocenters. The SMILES string of the molecule is O=C(O)NC1CNc2ncnc(Cl)c2NC1=O. The van der Waals surface area contributed by atoms with Crippen molar-refractivity contribution in [3.63, 3.8) is 0 Å². The van der Waals surface area contributed by atoms with E-state index in [4.69, 9.17) is 16.7 Å². The van der Waals surface area contributed by atoms with Crippen LogP contribution in [-0.2, 0) is 4.79 Å². The van der Waals surface area contributed by atoms with Crippen LogP contribution in [-0.4, -0.2) is 39.7 Å². The molecule has 8 nitrogen and oxygen atoms in total. The molecule has 17 heavy (non-hydrogen) atoms. The maximum absolute atomic E-state index is 11.7. The molecule has 4 N–H and O–H groups in total. The third-order valence-electron chi connectivity index (χ3n) is 2.14. The Balaban J connectivity index is 2.25. The normalized spacial score (nSPS) is 18.4. The Hall–Kier alpha value is -2.09. The van der Waals surface area contributed by atoms with E-state index in [2.05, 4.69) is 25.9 Å². The molecule has 9 heteroatoms. The Morgan fingerprint density at radius 3 is 3.06 bits per heavy atom. The number of fused-ring (bicyclic) bond motifs is 1. The number of nitrogens with zero attached hydrogens (tertiary/aromatic N) is 2. The average Bonchev–Trinajstić information content (AvgIpc) is 2.41. The molecular formula is C8H8ClN5O3. The molecule has 0 fully saturated rings. The van der Waals surface area contributed by atoms with Crippen LogP contribution in [0.5, 0.6) is 0 Å². The zero-order valence-electron chi connectivity index (χ0n) is 8.40. The van der Waals surface area contributed by atoms with Crippen LogP contribution in [0.1, 0.15) is 0 Å². The van der Waals surface area contributed by atoms with E-state index in [1.54, 1.807) is 0 Å². The van der Waals surface area contributed by atoms with Gasteiger partial charge in [-0.1, -0.05) is 11.6 Å². The lowest BCUT2D eigenvalue weighted by Gasteiger charge is -2.12. The summed E-state index contributed by atoms with van der Waals surface area (Å²) in [6.07, 6.45) is -0.0410. The highest BCUT2D eigenvalue weighted by Crippen LogP contribution is 2.27. The van der Waals surface area contributed by atoms with Gasteiger partial charge in [-0.15, -0.1) is 0 Å². The summed E-state index contributed by atoms with van der Waals surface area (Å²) in [6, 6.07) is -0.919. The van der Waals surface area contributed by atoms with Crippen molar-refractivity contribution < 1.29 is 14.7 Å². The fourth-order valence-corrected chi connectivity index (χ4v) is 1.56. The number of carbonyl (C=O) groups is 2. The summed E-state index contributed by atoms with van der Waals surface area (Å²) in [5.41, 5.74) is 0.244. The number of halogens is 1. The summed E-state index contributed by atoms with van der Waals surface area (Å²) >= 11 is 5.79. The van der Waals surface area contributed by atoms with Crippen LogP contribution in [0.4, 0.5) is 16.3 Å². The van der Waals surface area contributed by atoms with Crippen LogP contribution >= 0.6 is 11.6 Å². The predicted octanol–water partition coefficient (Wildman–Crippen LogP) is 0.130. The van der Waals surface area contributed by atoms with Crippen molar-refractivity contribution in [2.24, 2.45) is 0 Å². The second-order valence-electron chi connectivity index (χ2n) is 3.26. The largest absolute Gasteiger partial charge is 0.465 e. The first-order valence-electron chi connectivity index (χ1n) is 4.62. The molecule has 0 aromatic carbocycles. The van der Waals surface area contributed by atoms with Gasteiger partial charge in [-0.05, 0) is 0 Å². The van der Waals surface area contributed by atoms with Crippen LogP contribution in [0.15, 0.2) is 6.33 Å². The van der Waals surface area contributed by atoms with Crippen LogP contribution in [0.2, 0.25) is 5.15 Å². The smallest absolute Gasteiger partial charge is 0.405 e. The monoisotopic (exact) mass is 257 g/mol. The summed E-state index contributed by atoms with van der Waals surface area (Å²) in [6.45, 7) is 0.0818. The third-order valence-corrected chi connectivity index (χ3v) is 2.42. The molecule has 2 rings (SSSR count). The van der Waals surface area contributed by atoms with Crippen molar-refractivity contribution in [1.82, 2.24) is 15.3 Å². The highest BCUT2D eigenvalue weighted by molar-refractivity contribution is 6.33. The first-order valence-corrected chi connectivity index (χ1v) is 5.00. The molecule has 0 spiro atoms. The predicted molar refractivity (Wildman–Crippen MR) is 59.1 cm³/mol. The van der Waals surface area contributed by atoms with Crippen molar-refractivity contribution in [2.75, 3.05) is 17.2 Å². The number of carbonyl (C=O) groups excluding carboxylic acids is 1. The second-order valence-corrected chi connectivity index (χ2v) is 3.62. The molecule has 1 unspecified atom stereocenters. The number of hydrogen-bond donors (Lipinski definition) is 4. The van der Waals surface area contributed by atoms with Gasteiger partial charge in [0.15, 0.2) is 11.0 Å². The van der Waals surface area contributed by atoms with Gasteiger partial charge in [-0.3, -0.25) is 4.79 Å². The van der Waals surface area contributed by atoms with Crippen LogP contribution in [0, 0.1) is 0 Å². The number of anilines is 2. The van der Waals surface area contributed by atoms with Gasteiger partial charge in [0.1, 0.15) is 18.1 Å². The van der Waals surface area contributed by atoms with Gasteiger partial charge in [0.05, 0.1) is 0 Å². The number of amides is 2. The Morgan fingerprint density at radius 1 is 1.59 bits per heavy atom. The maximum atomic E-state index is 11.7. The molecule has 0 saturated carbocycles. The molecule has 0 bridgehead atoms. The molecule has 0 saturated heterocycles.